The molecule has 2 unspecified atom stereocenters. The normalized spacial score (nSPS) is 17.3. The lowest BCUT2D eigenvalue weighted by Gasteiger charge is -2.26. The fourth-order valence-corrected chi connectivity index (χ4v) is 4.46. The van der Waals surface area contributed by atoms with Crippen molar-refractivity contribution in [1.82, 2.24) is 20.1 Å². The first-order chi connectivity index (χ1) is 18.5. The molecule has 2 aromatic heterocycles. The summed E-state index contributed by atoms with van der Waals surface area (Å²) in [5.41, 5.74) is 3.04. The van der Waals surface area contributed by atoms with Crippen LogP contribution < -0.4 is 20.7 Å². The third kappa shape index (κ3) is 6.31. The van der Waals surface area contributed by atoms with Crippen LogP contribution in [0.15, 0.2) is 48.9 Å². The molecule has 4 heterocycles. The number of carbonyl (C=O) groups is 1. The van der Waals surface area contributed by atoms with Crippen molar-refractivity contribution in [1.29, 1.82) is 0 Å². The Morgan fingerprint density at radius 3 is 2.68 bits per heavy atom. The van der Waals surface area contributed by atoms with Gasteiger partial charge in [0.15, 0.2) is 11.6 Å². The van der Waals surface area contributed by atoms with Crippen molar-refractivity contribution in [2.24, 2.45) is 7.05 Å². The van der Waals surface area contributed by atoms with E-state index in [-0.39, 0.29) is 11.7 Å². The highest BCUT2D eigenvalue weighted by atomic mass is 19.1. The van der Waals surface area contributed by atoms with Crippen LogP contribution in [0.4, 0.5) is 15.9 Å². The van der Waals surface area contributed by atoms with Gasteiger partial charge in [-0.05, 0) is 30.5 Å². The molecule has 3 aromatic rings. The molecule has 1 saturated heterocycles. The summed E-state index contributed by atoms with van der Waals surface area (Å²) in [5, 5.41) is 14.0. The molecule has 38 heavy (non-hydrogen) atoms. The number of ether oxygens (including phenoxy) is 2. The Balaban J connectivity index is 0.00000164. The van der Waals surface area contributed by atoms with Gasteiger partial charge in [0.05, 0.1) is 19.3 Å². The molecule has 5 rings (SSSR count). The van der Waals surface area contributed by atoms with Gasteiger partial charge in [-0.1, -0.05) is 32.1 Å². The van der Waals surface area contributed by atoms with Crippen LogP contribution in [0.2, 0.25) is 0 Å². The van der Waals surface area contributed by atoms with Gasteiger partial charge >= 0.3 is 0 Å². The topological polar surface area (TPSA) is 102 Å². The zero-order valence-electron chi connectivity index (χ0n) is 22.2. The van der Waals surface area contributed by atoms with Crippen LogP contribution >= 0.6 is 0 Å². The highest BCUT2D eigenvalue weighted by Crippen LogP contribution is 2.29. The van der Waals surface area contributed by atoms with E-state index in [9.17, 15) is 9.18 Å². The number of amides is 1. The summed E-state index contributed by atoms with van der Waals surface area (Å²) in [5.74, 6) is 0.143. The van der Waals surface area contributed by atoms with Crippen molar-refractivity contribution in [2.75, 3.05) is 31.0 Å². The predicted molar refractivity (Wildman–Crippen MR) is 146 cm³/mol. The molecule has 0 saturated carbocycles. The Kier molecular flexibility index (Phi) is 8.96. The monoisotopic (exact) mass is 522 g/mol. The minimum absolute atomic E-state index is 0.141. The second-order valence-electron chi connectivity index (χ2n) is 8.95. The van der Waals surface area contributed by atoms with Crippen molar-refractivity contribution in [3.8, 4) is 5.75 Å². The molecule has 0 bridgehead atoms. The molecule has 202 valence electrons. The Bertz CT molecular complexity index is 1270. The van der Waals surface area contributed by atoms with Gasteiger partial charge < -0.3 is 25.4 Å². The number of pyridine rings is 1. The number of carbonyl (C=O) groups excluding carboxylic acids is 1. The Morgan fingerprint density at radius 1 is 1.21 bits per heavy atom. The third-order valence-electron chi connectivity index (χ3n) is 6.42. The van der Waals surface area contributed by atoms with E-state index >= 15 is 0 Å². The maximum atomic E-state index is 14.5. The number of nitrogens with one attached hydrogen (secondary N) is 3. The van der Waals surface area contributed by atoms with E-state index in [1.807, 2.05) is 26.0 Å². The molecule has 2 aliphatic heterocycles. The van der Waals surface area contributed by atoms with E-state index in [4.69, 9.17) is 9.47 Å². The number of aromatic nitrogens is 3. The zero-order valence-corrected chi connectivity index (χ0v) is 22.2. The lowest BCUT2D eigenvalue weighted by molar-refractivity contribution is -0.121. The molecule has 10 heteroatoms. The lowest BCUT2D eigenvalue weighted by atomic mass is 10.00. The highest BCUT2D eigenvalue weighted by molar-refractivity contribution is 5.91. The largest absolute Gasteiger partial charge is 0.494 e. The second-order valence-corrected chi connectivity index (χ2v) is 8.95. The van der Waals surface area contributed by atoms with Gasteiger partial charge in [-0.2, -0.15) is 5.10 Å². The number of nitrogens with zero attached hydrogens (tertiary/aromatic N) is 3. The first kappa shape index (κ1) is 27.1. The van der Waals surface area contributed by atoms with Crippen LogP contribution in [0.25, 0.3) is 6.08 Å². The molecule has 9 nitrogen and oxygen atoms in total. The van der Waals surface area contributed by atoms with Gasteiger partial charge in [0, 0.05) is 61.6 Å². The van der Waals surface area contributed by atoms with E-state index in [1.54, 1.807) is 48.5 Å². The summed E-state index contributed by atoms with van der Waals surface area (Å²) >= 11 is 0. The summed E-state index contributed by atoms with van der Waals surface area (Å²) in [6.45, 7) is 5.48. The minimum atomic E-state index is -0.613. The number of rotatable bonds is 7. The van der Waals surface area contributed by atoms with Gasteiger partial charge in [0.2, 0.25) is 5.91 Å². The summed E-state index contributed by atoms with van der Waals surface area (Å²) in [6.07, 6.45) is 10.8. The third-order valence-corrected chi connectivity index (χ3v) is 6.42. The van der Waals surface area contributed by atoms with Crippen LogP contribution in [0.1, 0.15) is 49.4 Å². The average Bonchev–Trinajstić information content (AvgIpc) is 3.38. The van der Waals surface area contributed by atoms with Gasteiger partial charge in [-0.15, -0.1) is 0 Å². The maximum Gasteiger partial charge on any atom is 0.247 e. The van der Waals surface area contributed by atoms with E-state index in [0.29, 0.717) is 11.6 Å². The number of anilines is 2. The zero-order chi connectivity index (χ0) is 27.1. The smallest absolute Gasteiger partial charge is 0.247 e. The molecule has 1 aromatic carbocycles. The van der Waals surface area contributed by atoms with Crippen molar-refractivity contribution in [3.05, 3.63) is 71.4 Å². The number of hydrogen-bond acceptors (Lipinski definition) is 7. The van der Waals surface area contributed by atoms with E-state index in [0.717, 1.165) is 48.7 Å². The molecule has 3 N–H and O–H groups in total. The standard InChI is InChI=1S/C26H29FN6O3.C2H6/c1-33-15-18(14-29-33)25(16-4-6-23(35-2)20(27)11-16)32-26(34)21-5-3-17-13-28-24(12-22(17)31-21)30-19-7-9-36-10-8-19;1-2/h3-6,11-15,19,21,25,31H,7-10H2,1-2H3,(H,28,30)(H,32,34);1-2H3. The number of methoxy groups -OCH3 is 1. The molecule has 0 radical (unpaired) electrons. The van der Waals surface area contributed by atoms with Crippen LogP contribution in [0.3, 0.4) is 0 Å². The summed E-state index contributed by atoms with van der Waals surface area (Å²) in [7, 11) is 3.21. The lowest BCUT2D eigenvalue weighted by Crippen LogP contribution is -2.41. The van der Waals surface area contributed by atoms with Crippen molar-refractivity contribution >= 4 is 23.5 Å². The Labute approximate surface area is 222 Å². The number of aryl methyl sites for hydroxylation is 1. The molecule has 2 atom stereocenters. The number of fused-ring (bicyclic) bond motifs is 1. The van der Waals surface area contributed by atoms with Crippen LogP contribution in [0, 0.1) is 5.82 Å². The number of benzene rings is 1. The molecule has 0 spiro atoms. The fourth-order valence-electron chi connectivity index (χ4n) is 4.46. The van der Waals surface area contributed by atoms with Crippen LogP contribution in [-0.2, 0) is 16.6 Å². The van der Waals surface area contributed by atoms with E-state index in [2.05, 4.69) is 26.0 Å². The number of hydrogen-bond donors (Lipinski definition) is 3. The molecule has 1 fully saturated rings. The van der Waals surface area contributed by atoms with E-state index < -0.39 is 17.9 Å². The van der Waals surface area contributed by atoms with Crippen LogP contribution in [-0.4, -0.2) is 53.1 Å². The first-order valence-corrected chi connectivity index (χ1v) is 12.9. The fraction of sp³-hybridized carbons (Fsp3) is 0.393. The molecule has 0 aliphatic carbocycles. The molecule has 1 amide bonds. The number of halogens is 1. The molecule has 2 aliphatic rings. The van der Waals surface area contributed by atoms with Gasteiger partial charge in [0.1, 0.15) is 11.9 Å². The molecular formula is C28H35FN6O3. The maximum absolute atomic E-state index is 14.5. The van der Waals surface area contributed by atoms with Crippen LogP contribution in [0.5, 0.6) is 5.75 Å². The van der Waals surface area contributed by atoms with Gasteiger partial charge in [-0.3, -0.25) is 9.48 Å². The summed E-state index contributed by atoms with van der Waals surface area (Å²) in [4.78, 5) is 17.9. The van der Waals surface area contributed by atoms with Crippen molar-refractivity contribution < 1.29 is 18.7 Å². The quantitative estimate of drug-likeness (QED) is 0.425. The summed E-state index contributed by atoms with van der Waals surface area (Å²) in [6, 6.07) is 5.69. The van der Waals surface area contributed by atoms with Gasteiger partial charge in [0.25, 0.3) is 0 Å². The van der Waals surface area contributed by atoms with Gasteiger partial charge in [-0.25, -0.2) is 9.37 Å². The highest BCUT2D eigenvalue weighted by Gasteiger charge is 2.26. The molecular weight excluding hydrogens is 487 g/mol. The Hall–Kier alpha value is -3.92. The SMILES string of the molecule is CC.COc1ccc(C(NC(=O)C2C=Cc3cnc(NC4CCOCC4)cc3N2)c2cnn(C)c2)cc1F. The first-order valence-electron chi connectivity index (χ1n) is 12.9. The predicted octanol–water partition coefficient (Wildman–Crippen LogP) is 4.29. The van der Waals surface area contributed by atoms with Crippen molar-refractivity contribution in [3.63, 3.8) is 0 Å². The second kappa shape index (κ2) is 12.6. The van der Waals surface area contributed by atoms with Crippen molar-refractivity contribution in [2.45, 2.75) is 44.8 Å². The summed E-state index contributed by atoms with van der Waals surface area (Å²) < 4.78 is 26.6. The Morgan fingerprint density at radius 2 is 2.00 bits per heavy atom. The average molecular weight is 523 g/mol. The van der Waals surface area contributed by atoms with E-state index in [1.165, 1.54) is 13.2 Å². The minimum Gasteiger partial charge on any atom is -0.494 e.